The molecule has 0 radical (unpaired) electrons. The number of aromatic nitrogens is 4. The van der Waals surface area contributed by atoms with E-state index in [2.05, 4.69) is 71.9 Å². The summed E-state index contributed by atoms with van der Waals surface area (Å²) in [4.78, 5) is 14.0. The first-order valence-electron chi connectivity index (χ1n) is 14.7. The van der Waals surface area contributed by atoms with Crippen LogP contribution in [0, 0.1) is 6.92 Å². The number of carbonyl (C=O) groups excluding carboxylic acids is 1. The number of anilines is 1. The lowest BCUT2D eigenvalue weighted by Gasteiger charge is -2.37. The maximum atomic E-state index is 14.0. The highest BCUT2D eigenvalue weighted by atomic mass is 16.2. The first-order chi connectivity index (χ1) is 21.6. The van der Waals surface area contributed by atoms with Gasteiger partial charge in [-0.15, -0.1) is 0 Å². The number of hydrogen-bond acceptors (Lipinski definition) is 3. The minimum Gasteiger partial charge on any atom is -0.318 e. The van der Waals surface area contributed by atoms with Crippen molar-refractivity contribution in [3.05, 3.63) is 185 Å². The highest BCUT2D eigenvalue weighted by Gasteiger charge is 2.41. The number of hydrogen-bond donors (Lipinski definition) is 1. The zero-order valence-corrected chi connectivity index (χ0v) is 24.3. The van der Waals surface area contributed by atoms with Crippen LogP contribution in [-0.4, -0.2) is 25.5 Å². The molecular formula is C38H31N5O. The number of carbonyl (C=O) groups is 1. The van der Waals surface area contributed by atoms with E-state index in [1.165, 1.54) is 5.56 Å². The lowest BCUT2D eigenvalue weighted by atomic mass is 9.77. The van der Waals surface area contributed by atoms with E-state index in [-0.39, 0.29) is 5.91 Å². The number of nitrogens with one attached hydrogen (secondary N) is 1. The number of benzene rings is 5. The van der Waals surface area contributed by atoms with E-state index in [0.717, 1.165) is 33.2 Å². The Kier molecular flexibility index (Phi) is 7.08. The van der Waals surface area contributed by atoms with Crippen LogP contribution in [0.25, 0.3) is 10.9 Å². The smallest absolute Gasteiger partial charge is 0.276 e. The summed E-state index contributed by atoms with van der Waals surface area (Å²) in [7, 11) is 0. The average molecular weight is 574 g/mol. The molecule has 2 heterocycles. The molecule has 2 aromatic heterocycles. The van der Waals surface area contributed by atoms with E-state index in [9.17, 15) is 4.79 Å². The molecule has 0 bridgehead atoms. The van der Waals surface area contributed by atoms with E-state index < -0.39 is 5.54 Å². The van der Waals surface area contributed by atoms with Crippen LogP contribution in [0.15, 0.2) is 152 Å². The third-order valence-electron chi connectivity index (χ3n) is 8.01. The van der Waals surface area contributed by atoms with Gasteiger partial charge < -0.3 is 5.32 Å². The van der Waals surface area contributed by atoms with Gasteiger partial charge in [0.05, 0.1) is 23.9 Å². The van der Waals surface area contributed by atoms with Crippen LogP contribution in [0.3, 0.4) is 0 Å². The fourth-order valence-corrected chi connectivity index (χ4v) is 6.10. The van der Waals surface area contributed by atoms with Gasteiger partial charge in [-0.2, -0.15) is 10.2 Å². The number of fused-ring (bicyclic) bond motifs is 1. The zero-order valence-electron chi connectivity index (χ0n) is 24.3. The molecule has 6 nitrogen and oxygen atoms in total. The van der Waals surface area contributed by atoms with Crippen LogP contribution in [0.4, 0.5) is 5.69 Å². The Hall–Kier alpha value is -5.75. The predicted molar refractivity (Wildman–Crippen MR) is 175 cm³/mol. The van der Waals surface area contributed by atoms with Crippen LogP contribution < -0.4 is 5.32 Å². The summed E-state index contributed by atoms with van der Waals surface area (Å²) in [6, 6.07) is 47.3. The van der Waals surface area contributed by atoms with Crippen LogP contribution in [0.5, 0.6) is 0 Å². The minimum atomic E-state index is -0.847. The summed E-state index contributed by atoms with van der Waals surface area (Å²) >= 11 is 0. The van der Waals surface area contributed by atoms with E-state index in [0.29, 0.717) is 17.9 Å². The van der Waals surface area contributed by atoms with E-state index >= 15 is 0 Å². The van der Waals surface area contributed by atoms with Crippen LogP contribution in [0.1, 0.15) is 38.3 Å². The van der Waals surface area contributed by atoms with Crippen molar-refractivity contribution in [2.75, 3.05) is 5.32 Å². The van der Waals surface area contributed by atoms with Crippen LogP contribution in [-0.2, 0) is 12.1 Å². The van der Waals surface area contributed by atoms with Gasteiger partial charge in [0, 0.05) is 11.6 Å². The number of rotatable bonds is 8. The molecule has 214 valence electrons. The molecule has 0 saturated carbocycles. The van der Waals surface area contributed by atoms with Crippen LogP contribution in [0.2, 0.25) is 0 Å². The van der Waals surface area contributed by atoms with Gasteiger partial charge in [0.1, 0.15) is 5.54 Å². The van der Waals surface area contributed by atoms with Crippen molar-refractivity contribution < 1.29 is 4.79 Å². The zero-order chi connectivity index (χ0) is 29.9. The highest BCUT2D eigenvalue weighted by molar-refractivity contribution is 6.11. The lowest BCUT2D eigenvalue weighted by Crippen LogP contribution is -2.38. The van der Waals surface area contributed by atoms with Gasteiger partial charge in [-0.25, -0.2) is 4.68 Å². The maximum absolute atomic E-state index is 14.0. The monoisotopic (exact) mass is 573 g/mol. The molecule has 7 rings (SSSR count). The van der Waals surface area contributed by atoms with E-state index in [1.54, 1.807) is 6.20 Å². The summed E-state index contributed by atoms with van der Waals surface area (Å²) in [5, 5.41) is 13.5. The number of nitrogens with zero attached hydrogens (tertiary/aromatic N) is 4. The molecule has 0 atom stereocenters. The normalized spacial score (nSPS) is 11.5. The van der Waals surface area contributed by atoms with E-state index in [1.807, 2.05) is 100 Å². The molecule has 5 aromatic carbocycles. The topological polar surface area (TPSA) is 64.7 Å². The molecule has 1 N–H and O–H groups in total. The summed E-state index contributed by atoms with van der Waals surface area (Å²) < 4.78 is 3.84. The van der Waals surface area contributed by atoms with Gasteiger partial charge in [-0.3, -0.25) is 9.48 Å². The molecule has 6 heteroatoms. The Morgan fingerprint density at radius 2 is 1.32 bits per heavy atom. The van der Waals surface area contributed by atoms with Gasteiger partial charge >= 0.3 is 0 Å². The SMILES string of the molecule is Cc1cccc(Cn2cc(NC(=O)c3nn(C(c4ccccc4)(c4ccccc4)c4ccccc4)c4ccccc34)cn2)c1. The maximum Gasteiger partial charge on any atom is 0.276 e. The summed E-state index contributed by atoms with van der Waals surface area (Å²) in [6.07, 6.45) is 3.52. The first-order valence-corrected chi connectivity index (χ1v) is 14.7. The van der Waals surface area contributed by atoms with E-state index in [4.69, 9.17) is 5.10 Å². The molecular weight excluding hydrogens is 542 g/mol. The Bertz CT molecular complexity index is 1950. The summed E-state index contributed by atoms with van der Waals surface area (Å²) in [6.45, 7) is 2.69. The minimum absolute atomic E-state index is 0.293. The fraction of sp³-hybridized carbons (Fsp3) is 0.0789. The first kappa shape index (κ1) is 27.1. The van der Waals surface area contributed by atoms with Gasteiger partial charge in [0.2, 0.25) is 0 Å². The second-order valence-electron chi connectivity index (χ2n) is 11.0. The largest absolute Gasteiger partial charge is 0.318 e. The number of amides is 1. The Balaban J connectivity index is 1.35. The van der Waals surface area contributed by atoms with Crippen LogP contribution >= 0.6 is 0 Å². The predicted octanol–water partition coefficient (Wildman–Crippen LogP) is 7.68. The molecule has 0 aliphatic rings. The van der Waals surface area contributed by atoms with Crippen molar-refractivity contribution in [2.45, 2.75) is 19.0 Å². The number of para-hydroxylation sites is 1. The van der Waals surface area contributed by atoms with Crippen molar-refractivity contribution in [1.29, 1.82) is 0 Å². The molecule has 0 spiro atoms. The molecule has 0 saturated heterocycles. The number of aryl methyl sites for hydroxylation is 1. The van der Waals surface area contributed by atoms with Gasteiger partial charge in [0.25, 0.3) is 5.91 Å². The quantitative estimate of drug-likeness (QED) is 0.190. The summed E-state index contributed by atoms with van der Waals surface area (Å²) in [5.74, 6) is -0.293. The standard InChI is InChI=1S/C38H31N5O/c1-28-14-13-15-29(24-28)26-42-27-33(25-39-42)40-37(44)36-34-22-11-12-23-35(34)43(41-36)38(30-16-5-2-6-17-30,31-18-7-3-8-19-31)32-20-9-4-10-21-32/h2-25,27H,26H2,1H3,(H,40,44). The molecule has 7 aromatic rings. The average Bonchev–Trinajstić information content (AvgIpc) is 3.68. The Labute approximate surface area is 256 Å². The van der Waals surface area contributed by atoms with Crippen molar-refractivity contribution in [3.63, 3.8) is 0 Å². The molecule has 1 amide bonds. The van der Waals surface area contributed by atoms with Gasteiger partial charge in [-0.05, 0) is 35.2 Å². The summed E-state index contributed by atoms with van der Waals surface area (Å²) in [5.41, 5.74) is 6.42. The molecule has 0 fully saturated rings. The molecule has 44 heavy (non-hydrogen) atoms. The third-order valence-corrected chi connectivity index (χ3v) is 8.01. The second-order valence-corrected chi connectivity index (χ2v) is 11.0. The fourth-order valence-electron chi connectivity index (χ4n) is 6.10. The third kappa shape index (κ3) is 4.86. The molecule has 0 aliphatic carbocycles. The van der Waals surface area contributed by atoms with Crippen molar-refractivity contribution in [2.24, 2.45) is 0 Å². The van der Waals surface area contributed by atoms with Crippen molar-refractivity contribution in [3.8, 4) is 0 Å². The van der Waals surface area contributed by atoms with Crippen molar-refractivity contribution in [1.82, 2.24) is 19.6 Å². The van der Waals surface area contributed by atoms with Gasteiger partial charge in [-0.1, -0.05) is 139 Å². The van der Waals surface area contributed by atoms with Crippen molar-refractivity contribution >= 4 is 22.5 Å². The Morgan fingerprint density at radius 3 is 1.93 bits per heavy atom. The Morgan fingerprint density at radius 1 is 0.727 bits per heavy atom. The van der Waals surface area contributed by atoms with Gasteiger partial charge in [0.15, 0.2) is 5.69 Å². The highest BCUT2D eigenvalue weighted by Crippen LogP contribution is 2.42. The molecule has 0 aliphatic heterocycles. The molecule has 0 unspecified atom stereocenters. The lowest BCUT2D eigenvalue weighted by molar-refractivity contribution is 0.102. The second kappa shape index (κ2) is 11.5.